The molecule has 24 heavy (non-hydrogen) atoms. The second-order valence-electron chi connectivity index (χ2n) is 5.57. The maximum atomic E-state index is 12.3. The van der Waals surface area contributed by atoms with Crippen LogP contribution in [0.4, 0.5) is 5.69 Å². The van der Waals surface area contributed by atoms with Gasteiger partial charge in [-0.15, -0.1) is 0 Å². The Morgan fingerprint density at radius 2 is 2.08 bits per heavy atom. The van der Waals surface area contributed by atoms with Gasteiger partial charge in [0.2, 0.25) is 0 Å². The SMILES string of the molecule is CN(C)c1cccc(-n2cc(C(=O)NC(=N)N)c3cccnc32)c1. The number of hydrogen-bond donors (Lipinski definition) is 3. The molecule has 0 saturated heterocycles. The van der Waals surface area contributed by atoms with Crippen LogP contribution in [-0.4, -0.2) is 35.5 Å². The molecular weight excluding hydrogens is 304 g/mol. The van der Waals surface area contributed by atoms with Gasteiger partial charge in [0, 0.05) is 43.3 Å². The first-order valence-electron chi connectivity index (χ1n) is 7.36. The van der Waals surface area contributed by atoms with Crippen LogP contribution >= 0.6 is 0 Å². The van der Waals surface area contributed by atoms with Crippen LogP contribution in [0.1, 0.15) is 10.4 Å². The van der Waals surface area contributed by atoms with E-state index in [-0.39, 0.29) is 5.96 Å². The minimum atomic E-state index is -0.428. The molecule has 2 heterocycles. The fraction of sp³-hybridized carbons (Fsp3) is 0.118. The molecule has 0 atom stereocenters. The third kappa shape index (κ3) is 2.79. The predicted molar refractivity (Wildman–Crippen MR) is 94.8 cm³/mol. The Labute approximate surface area is 139 Å². The quantitative estimate of drug-likeness (QED) is 0.505. The van der Waals surface area contributed by atoms with Gasteiger partial charge in [0.15, 0.2) is 5.96 Å². The van der Waals surface area contributed by atoms with Gasteiger partial charge in [0.25, 0.3) is 5.91 Å². The molecule has 122 valence electrons. The first-order chi connectivity index (χ1) is 11.5. The predicted octanol–water partition coefficient (Wildman–Crippen LogP) is 1.71. The molecule has 7 nitrogen and oxygen atoms in total. The van der Waals surface area contributed by atoms with Crippen molar-refractivity contribution < 1.29 is 4.79 Å². The highest BCUT2D eigenvalue weighted by Crippen LogP contribution is 2.25. The summed E-state index contributed by atoms with van der Waals surface area (Å²) < 4.78 is 1.86. The molecule has 4 N–H and O–H groups in total. The monoisotopic (exact) mass is 322 g/mol. The van der Waals surface area contributed by atoms with Crippen molar-refractivity contribution in [2.24, 2.45) is 5.73 Å². The third-order valence-corrected chi connectivity index (χ3v) is 3.68. The van der Waals surface area contributed by atoms with Gasteiger partial charge in [0.05, 0.1) is 5.56 Å². The number of nitrogens with one attached hydrogen (secondary N) is 2. The molecule has 2 aromatic heterocycles. The first-order valence-corrected chi connectivity index (χ1v) is 7.36. The molecule has 1 amide bonds. The Bertz CT molecular complexity index is 928. The van der Waals surface area contributed by atoms with Crippen molar-refractivity contribution in [2.45, 2.75) is 0 Å². The normalized spacial score (nSPS) is 10.6. The molecule has 1 aromatic carbocycles. The van der Waals surface area contributed by atoms with Crippen LogP contribution in [0.15, 0.2) is 48.8 Å². The van der Waals surface area contributed by atoms with Crippen LogP contribution in [0.25, 0.3) is 16.7 Å². The van der Waals surface area contributed by atoms with Crippen LogP contribution in [0.2, 0.25) is 0 Å². The minimum Gasteiger partial charge on any atom is -0.378 e. The summed E-state index contributed by atoms with van der Waals surface area (Å²) in [4.78, 5) is 18.7. The molecule has 0 aliphatic rings. The number of pyridine rings is 1. The number of anilines is 1. The fourth-order valence-electron chi connectivity index (χ4n) is 2.55. The zero-order valence-corrected chi connectivity index (χ0v) is 13.4. The number of hydrogen-bond acceptors (Lipinski definition) is 4. The summed E-state index contributed by atoms with van der Waals surface area (Å²) in [6.07, 6.45) is 3.39. The van der Waals surface area contributed by atoms with E-state index in [4.69, 9.17) is 11.1 Å². The standard InChI is InChI=1S/C17H18N6O/c1-22(2)11-5-3-6-12(9-11)23-10-14(16(24)21-17(18)19)13-7-4-8-20-15(13)23/h3-10H,1-2H3,(H4,18,19,21,24). The van der Waals surface area contributed by atoms with Crippen LogP contribution in [-0.2, 0) is 0 Å². The third-order valence-electron chi connectivity index (χ3n) is 3.68. The number of carbonyl (C=O) groups excluding carboxylic acids is 1. The zero-order chi connectivity index (χ0) is 17.3. The summed E-state index contributed by atoms with van der Waals surface area (Å²) in [5.41, 5.74) is 8.29. The topological polar surface area (TPSA) is 100 Å². The molecule has 0 bridgehead atoms. The number of benzene rings is 1. The van der Waals surface area contributed by atoms with E-state index in [1.165, 1.54) is 0 Å². The fourth-order valence-corrected chi connectivity index (χ4v) is 2.55. The van der Waals surface area contributed by atoms with E-state index in [0.29, 0.717) is 16.6 Å². The number of rotatable bonds is 3. The van der Waals surface area contributed by atoms with Crippen molar-refractivity contribution in [1.29, 1.82) is 5.41 Å². The number of nitrogens with two attached hydrogens (primary N) is 1. The van der Waals surface area contributed by atoms with E-state index >= 15 is 0 Å². The van der Waals surface area contributed by atoms with Crippen LogP contribution in [0.3, 0.4) is 0 Å². The molecular formula is C17H18N6O. The van der Waals surface area contributed by atoms with Gasteiger partial charge in [-0.25, -0.2) is 4.98 Å². The van der Waals surface area contributed by atoms with Crippen molar-refractivity contribution in [3.05, 3.63) is 54.4 Å². The van der Waals surface area contributed by atoms with Gasteiger partial charge in [-0.2, -0.15) is 0 Å². The molecule has 0 aliphatic heterocycles. The van der Waals surface area contributed by atoms with Gasteiger partial charge >= 0.3 is 0 Å². The Balaban J connectivity index is 2.17. The molecule has 0 fully saturated rings. The Morgan fingerprint density at radius 1 is 1.29 bits per heavy atom. The summed E-state index contributed by atoms with van der Waals surface area (Å²) in [6, 6.07) is 11.5. The lowest BCUT2D eigenvalue weighted by atomic mass is 10.2. The Hall–Kier alpha value is -3.35. The number of guanidine groups is 1. The smallest absolute Gasteiger partial charge is 0.260 e. The Kier molecular flexibility index (Phi) is 3.91. The number of nitrogens with zero attached hydrogens (tertiary/aromatic N) is 3. The summed E-state index contributed by atoms with van der Waals surface area (Å²) in [5.74, 6) is -0.817. The average Bonchev–Trinajstić information content (AvgIpc) is 2.94. The summed E-state index contributed by atoms with van der Waals surface area (Å²) in [5, 5.41) is 10.3. The van der Waals surface area contributed by atoms with E-state index in [1.54, 1.807) is 18.5 Å². The van der Waals surface area contributed by atoms with Crippen LogP contribution in [0, 0.1) is 5.41 Å². The van der Waals surface area contributed by atoms with E-state index in [2.05, 4.69) is 10.3 Å². The maximum absolute atomic E-state index is 12.3. The van der Waals surface area contributed by atoms with Crippen LogP contribution in [0.5, 0.6) is 0 Å². The molecule has 3 rings (SSSR count). The van der Waals surface area contributed by atoms with Crippen molar-refractivity contribution in [3.63, 3.8) is 0 Å². The molecule has 3 aromatic rings. The zero-order valence-electron chi connectivity index (χ0n) is 13.4. The summed E-state index contributed by atoms with van der Waals surface area (Å²) in [7, 11) is 3.94. The molecule has 0 unspecified atom stereocenters. The minimum absolute atomic E-state index is 0.389. The number of carbonyl (C=O) groups is 1. The highest BCUT2D eigenvalue weighted by atomic mass is 16.1. The van der Waals surface area contributed by atoms with Crippen molar-refractivity contribution in [1.82, 2.24) is 14.9 Å². The Morgan fingerprint density at radius 3 is 2.79 bits per heavy atom. The van der Waals surface area contributed by atoms with Gasteiger partial charge in [-0.1, -0.05) is 6.07 Å². The number of aromatic nitrogens is 2. The lowest BCUT2D eigenvalue weighted by Crippen LogP contribution is -2.35. The maximum Gasteiger partial charge on any atom is 0.260 e. The summed E-state index contributed by atoms with van der Waals surface area (Å²) >= 11 is 0. The van der Waals surface area contributed by atoms with Crippen LogP contribution < -0.4 is 16.0 Å². The van der Waals surface area contributed by atoms with Gasteiger partial charge < -0.3 is 15.2 Å². The summed E-state index contributed by atoms with van der Waals surface area (Å²) in [6.45, 7) is 0. The lowest BCUT2D eigenvalue weighted by Gasteiger charge is -2.14. The van der Waals surface area contributed by atoms with E-state index < -0.39 is 5.91 Å². The van der Waals surface area contributed by atoms with Gasteiger partial charge in [-0.3, -0.25) is 15.5 Å². The first kappa shape index (κ1) is 15.5. The molecule has 0 saturated carbocycles. The van der Waals surface area contributed by atoms with Crippen molar-refractivity contribution in [3.8, 4) is 5.69 Å². The van der Waals surface area contributed by atoms with Crippen molar-refractivity contribution >= 4 is 28.6 Å². The molecule has 0 radical (unpaired) electrons. The molecule has 0 aliphatic carbocycles. The highest BCUT2D eigenvalue weighted by molar-refractivity contribution is 6.11. The van der Waals surface area contributed by atoms with E-state index in [0.717, 1.165) is 11.4 Å². The molecule has 7 heteroatoms. The number of fused-ring (bicyclic) bond motifs is 1. The highest BCUT2D eigenvalue weighted by Gasteiger charge is 2.17. The van der Waals surface area contributed by atoms with Gasteiger partial charge in [0.1, 0.15) is 5.65 Å². The van der Waals surface area contributed by atoms with E-state index in [9.17, 15) is 4.79 Å². The molecule has 0 spiro atoms. The van der Waals surface area contributed by atoms with Crippen molar-refractivity contribution in [2.75, 3.05) is 19.0 Å². The lowest BCUT2D eigenvalue weighted by molar-refractivity contribution is 0.0978. The second kappa shape index (κ2) is 6.04. The number of amides is 1. The average molecular weight is 322 g/mol. The largest absolute Gasteiger partial charge is 0.378 e. The van der Waals surface area contributed by atoms with Gasteiger partial charge in [-0.05, 0) is 30.3 Å². The van der Waals surface area contributed by atoms with E-state index in [1.807, 2.05) is 53.9 Å². The second-order valence-corrected chi connectivity index (χ2v) is 5.57.